The van der Waals surface area contributed by atoms with Gasteiger partial charge in [-0.3, -0.25) is 19.2 Å². The molecular weight excluding hydrogens is 675 g/mol. The molecule has 0 aromatic heterocycles. The molecule has 4 aliphatic rings. The van der Waals surface area contributed by atoms with Gasteiger partial charge in [0.2, 0.25) is 17.6 Å². The molecule has 4 atom stereocenters. The molecule has 0 aromatic rings. The maximum absolute atomic E-state index is 14.7. The van der Waals surface area contributed by atoms with E-state index in [9.17, 15) is 32.4 Å². The van der Waals surface area contributed by atoms with Gasteiger partial charge in [0.1, 0.15) is 12.1 Å². The summed E-state index contributed by atoms with van der Waals surface area (Å²) in [4.78, 5) is 68.9. The zero-order chi connectivity index (χ0) is 37.8. The van der Waals surface area contributed by atoms with Crippen LogP contribution in [0.1, 0.15) is 138 Å². The van der Waals surface area contributed by atoms with Crippen molar-refractivity contribution in [1.82, 2.24) is 20.9 Å². The predicted octanol–water partition coefficient (Wildman–Crippen LogP) is 3.66. The first-order valence-electron chi connectivity index (χ1n) is 19.1. The number of hydrogen-bond donors (Lipinski definition) is 4. The number of likely N-dealkylation sites (tertiary alicyclic amines) is 1. The van der Waals surface area contributed by atoms with Gasteiger partial charge >= 0.3 is 6.03 Å². The van der Waals surface area contributed by atoms with Gasteiger partial charge in [-0.2, -0.15) is 0 Å². The number of carbonyl (C=O) groups is 5. The summed E-state index contributed by atoms with van der Waals surface area (Å²) in [7, 11) is -3.57. The van der Waals surface area contributed by atoms with Crippen molar-refractivity contribution in [2.75, 3.05) is 12.3 Å². The van der Waals surface area contributed by atoms with Crippen LogP contribution >= 0.6 is 0 Å². The van der Waals surface area contributed by atoms with E-state index in [1.165, 1.54) is 4.90 Å². The third-order valence-electron chi connectivity index (χ3n) is 11.3. The number of sulfone groups is 1. The number of nitrogens with one attached hydrogen (secondary N) is 3. The molecule has 1 saturated heterocycles. The monoisotopic (exact) mass is 737 g/mol. The van der Waals surface area contributed by atoms with E-state index in [0.717, 1.165) is 57.8 Å². The number of amides is 5. The van der Waals surface area contributed by atoms with Gasteiger partial charge in [0.15, 0.2) is 9.84 Å². The Morgan fingerprint density at radius 3 is 2.00 bits per heavy atom. The number of nitrogens with two attached hydrogens (primary N) is 1. The third kappa shape index (κ3) is 10.9. The quantitative estimate of drug-likeness (QED) is 0.206. The molecule has 5 N–H and O–H groups in total. The molecule has 4 fully saturated rings. The number of ether oxygens (including phenoxy) is 1. The van der Waals surface area contributed by atoms with Crippen LogP contribution in [0.15, 0.2) is 0 Å². The van der Waals surface area contributed by atoms with Crippen LogP contribution in [0.2, 0.25) is 0 Å². The van der Waals surface area contributed by atoms with Crippen LogP contribution in [0.3, 0.4) is 0 Å². The van der Waals surface area contributed by atoms with Gasteiger partial charge in [0.25, 0.3) is 5.91 Å². The summed E-state index contributed by atoms with van der Waals surface area (Å²) >= 11 is 0. The van der Waals surface area contributed by atoms with Crippen LogP contribution in [-0.4, -0.2) is 95.3 Å². The molecule has 14 heteroatoms. The lowest BCUT2D eigenvalue weighted by Gasteiger charge is -2.40. The van der Waals surface area contributed by atoms with Crippen LogP contribution in [0.25, 0.3) is 0 Å². The van der Waals surface area contributed by atoms with Crippen molar-refractivity contribution in [3.8, 4) is 0 Å². The molecular formula is C37H63N5O8S. The molecule has 0 aromatic carbocycles. The van der Waals surface area contributed by atoms with E-state index >= 15 is 0 Å². The average Bonchev–Trinajstić information content (AvgIpc) is 3.42. The highest BCUT2D eigenvalue weighted by atomic mass is 32.2. The van der Waals surface area contributed by atoms with Crippen molar-refractivity contribution in [2.24, 2.45) is 17.6 Å². The summed E-state index contributed by atoms with van der Waals surface area (Å²) in [6, 6.07) is -3.66. The number of hydrogen-bond acceptors (Lipinski definition) is 8. The molecule has 0 spiro atoms. The maximum Gasteiger partial charge on any atom is 0.315 e. The fourth-order valence-electron chi connectivity index (χ4n) is 8.17. The summed E-state index contributed by atoms with van der Waals surface area (Å²) in [6.45, 7) is 10.8. The highest BCUT2D eigenvalue weighted by Crippen LogP contribution is 2.35. The Kier molecular flexibility index (Phi) is 13.3. The summed E-state index contributed by atoms with van der Waals surface area (Å²) < 4.78 is 32.1. The van der Waals surface area contributed by atoms with Crippen molar-refractivity contribution in [1.29, 1.82) is 0 Å². The smallest absolute Gasteiger partial charge is 0.315 e. The summed E-state index contributed by atoms with van der Waals surface area (Å²) in [6.07, 6.45) is 10.6. The number of rotatable bonds is 13. The Morgan fingerprint density at radius 2 is 1.47 bits per heavy atom. The SMILES string of the molecule is CC(C)(C)O[C@@H]1C[C@@H](C(=O)NC(CC2CCC2)C(=O)C(N)=O)N(C(=O)[C@@H](NC(=O)NC2(CS(=O)(=O)C(C)(C)C)CCCCC2)C2CCCCC2)C1. The minimum atomic E-state index is -3.57. The molecule has 1 aliphatic heterocycles. The van der Waals surface area contributed by atoms with Crippen LogP contribution in [0.4, 0.5) is 4.79 Å². The number of carbonyl (C=O) groups excluding carboxylic acids is 5. The fourth-order valence-corrected chi connectivity index (χ4v) is 9.69. The molecule has 290 valence electrons. The van der Waals surface area contributed by atoms with Crippen molar-refractivity contribution in [3.63, 3.8) is 0 Å². The minimum Gasteiger partial charge on any atom is -0.371 e. The molecule has 1 heterocycles. The fraction of sp³-hybridized carbons (Fsp3) is 0.865. The van der Waals surface area contributed by atoms with E-state index in [1.54, 1.807) is 20.8 Å². The number of ketones is 1. The minimum absolute atomic E-state index is 0.103. The second-order valence-electron chi connectivity index (χ2n) is 17.6. The standard InChI is InChI=1S/C37H63N5O8S/c1-35(2,3)50-26-21-28(32(45)39-27(30(43)31(38)44)20-24-14-13-15-24)42(22-26)33(46)29(25-16-9-7-10-17-25)40-34(47)41-37(18-11-8-12-19-37)23-51(48,49)36(4,5)6/h24-29H,7-23H2,1-6H3,(H2,38,44)(H,39,45)(H2,40,41,47)/t26-,27?,28+,29+/m1/s1. The molecule has 0 bridgehead atoms. The van der Waals surface area contributed by atoms with Gasteiger partial charge in [0, 0.05) is 13.0 Å². The largest absolute Gasteiger partial charge is 0.371 e. The van der Waals surface area contributed by atoms with Gasteiger partial charge < -0.3 is 31.3 Å². The first-order chi connectivity index (χ1) is 23.7. The summed E-state index contributed by atoms with van der Waals surface area (Å²) in [5, 5.41) is 8.78. The van der Waals surface area contributed by atoms with Crippen LogP contribution in [0.5, 0.6) is 0 Å². The lowest BCUT2D eigenvalue weighted by Crippen LogP contribution is -2.62. The highest BCUT2D eigenvalue weighted by Gasteiger charge is 2.47. The lowest BCUT2D eigenvalue weighted by atomic mass is 9.80. The maximum atomic E-state index is 14.7. The molecule has 51 heavy (non-hydrogen) atoms. The second-order valence-corrected chi connectivity index (χ2v) is 20.3. The Hall–Kier alpha value is -2.74. The average molecular weight is 738 g/mol. The third-order valence-corrected chi connectivity index (χ3v) is 14.1. The summed E-state index contributed by atoms with van der Waals surface area (Å²) in [5.74, 6) is -3.15. The van der Waals surface area contributed by atoms with E-state index in [2.05, 4.69) is 16.0 Å². The second kappa shape index (κ2) is 16.5. The highest BCUT2D eigenvalue weighted by molar-refractivity contribution is 7.92. The first-order valence-corrected chi connectivity index (χ1v) is 20.8. The molecule has 4 rings (SSSR count). The van der Waals surface area contributed by atoms with Crippen molar-refractivity contribution in [3.05, 3.63) is 0 Å². The van der Waals surface area contributed by atoms with Crippen molar-refractivity contribution < 1.29 is 37.1 Å². The molecule has 1 unspecified atom stereocenters. The Labute approximate surface area is 304 Å². The predicted molar refractivity (Wildman–Crippen MR) is 194 cm³/mol. The van der Waals surface area contributed by atoms with Gasteiger partial charge in [-0.1, -0.05) is 57.8 Å². The normalized spacial score (nSPS) is 24.5. The van der Waals surface area contributed by atoms with E-state index < -0.39 is 79.5 Å². The number of Topliss-reactive ketones (excluding diaryl/α,β-unsaturated/α-hetero) is 1. The van der Waals surface area contributed by atoms with Crippen LogP contribution < -0.4 is 21.7 Å². The summed E-state index contributed by atoms with van der Waals surface area (Å²) in [5.41, 5.74) is 3.84. The van der Waals surface area contributed by atoms with Crippen molar-refractivity contribution >= 4 is 39.4 Å². The molecule has 0 radical (unpaired) electrons. The number of urea groups is 1. The molecule has 3 saturated carbocycles. The lowest BCUT2D eigenvalue weighted by molar-refractivity contribution is -0.143. The van der Waals surface area contributed by atoms with Crippen molar-refractivity contribution in [2.45, 2.75) is 178 Å². The van der Waals surface area contributed by atoms with E-state index in [-0.39, 0.29) is 30.6 Å². The van der Waals surface area contributed by atoms with Gasteiger partial charge in [-0.25, -0.2) is 13.2 Å². The number of nitrogens with zero attached hydrogens (tertiary/aromatic N) is 1. The van der Waals surface area contributed by atoms with Gasteiger partial charge in [0.05, 0.1) is 33.8 Å². The van der Waals surface area contributed by atoms with Gasteiger partial charge in [-0.05, 0) is 85.5 Å². The molecule has 5 amide bonds. The Morgan fingerprint density at radius 1 is 0.863 bits per heavy atom. The van der Waals surface area contributed by atoms with Crippen LogP contribution in [0, 0.1) is 11.8 Å². The zero-order valence-electron chi connectivity index (χ0n) is 31.7. The Balaban J connectivity index is 1.60. The van der Waals surface area contributed by atoms with E-state index in [1.807, 2.05) is 20.8 Å². The first kappa shape index (κ1) is 41.0. The molecule has 3 aliphatic carbocycles. The number of primary amides is 1. The van der Waals surface area contributed by atoms with Crippen LogP contribution in [-0.2, 0) is 33.8 Å². The van der Waals surface area contributed by atoms with Gasteiger partial charge in [-0.15, -0.1) is 0 Å². The topological polar surface area (TPSA) is 194 Å². The van der Waals surface area contributed by atoms with E-state index in [4.69, 9.17) is 10.5 Å². The Bertz CT molecular complexity index is 1390. The molecule has 13 nitrogen and oxygen atoms in total. The zero-order valence-corrected chi connectivity index (χ0v) is 32.5. The van der Waals surface area contributed by atoms with E-state index in [0.29, 0.717) is 32.1 Å².